The fraction of sp³-hybridized carbons (Fsp3) is 0.261. The van der Waals surface area contributed by atoms with Gasteiger partial charge >= 0.3 is 5.97 Å². The van der Waals surface area contributed by atoms with Gasteiger partial charge in [0.05, 0.1) is 7.11 Å². The minimum Gasteiger partial charge on any atom is -0.468 e. The molecule has 0 aliphatic carbocycles. The fourth-order valence-corrected chi connectivity index (χ4v) is 3.95. The van der Waals surface area contributed by atoms with Crippen molar-refractivity contribution < 1.29 is 9.53 Å². The van der Waals surface area contributed by atoms with Crippen molar-refractivity contribution in [2.75, 3.05) is 7.11 Å². The smallest absolute Gasteiger partial charge is 0.321 e. The Morgan fingerprint density at radius 1 is 0.846 bits per heavy atom. The van der Waals surface area contributed by atoms with Gasteiger partial charge in [0.2, 0.25) is 0 Å². The van der Waals surface area contributed by atoms with Gasteiger partial charge in [-0.15, -0.1) is 11.8 Å². The van der Waals surface area contributed by atoms with E-state index < -0.39 is 4.75 Å². The standard InChI is InChI=1S/C21H20O2S.C2H6/c1-21(2,20(22)23-3)24-19-14-7-6-12-18(19)17-13-8-10-15-9-4-5-11-16(15)17;1-2/h4-14H,1-3H3;1-2H3. The van der Waals surface area contributed by atoms with Gasteiger partial charge in [0.1, 0.15) is 4.75 Å². The van der Waals surface area contributed by atoms with Crippen LogP contribution in [-0.2, 0) is 9.53 Å². The summed E-state index contributed by atoms with van der Waals surface area (Å²) in [4.78, 5) is 13.1. The maximum absolute atomic E-state index is 12.1. The molecule has 0 bridgehead atoms. The molecule has 3 heteroatoms. The third-order valence-corrected chi connectivity index (χ3v) is 5.26. The molecule has 0 fully saturated rings. The Kier molecular flexibility index (Phi) is 6.87. The molecule has 0 atom stereocenters. The van der Waals surface area contributed by atoms with E-state index in [1.54, 1.807) is 0 Å². The molecule has 0 saturated carbocycles. The average Bonchev–Trinajstić information content (AvgIpc) is 2.68. The summed E-state index contributed by atoms with van der Waals surface area (Å²) < 4.78 is 4.30. The zero-order valence-corrected chi connectivity index (χ0v) is 16.9. The van der Waals surface area contributed by atoms with Crippen molar-refractivity contribution >= 4 is 28.5 Å². The third-order valence-electron chi connectivity index (χ3n) is 4.01. The number of carbonyl (C=O) groups excluding carboxylic acids is 1. The Bertz CT molecular complexity index is 879. The molecule has 0 N–H and O–H groups in total. The number of carbonyl (C=O) groups is 1. The van der Waals surface area contributed by atoms with E-state index in [1.807, 2.05) is 45.9 Å². The van der Waals surface area contributed by atoms with Crippen LogP contribution in [0.4, 0.5) is 0 Å². The normalized spacial score (nSPS) is 10.8. The van der Waals surface area contributed by atoms with Crippen molar-refractivity contribution in [1.82, 2.24) is 0 Å². The van der Waals surface area contributed by atoms with Crippen LogP contribution in [0.15, 0.2) is 71.6 Å². The van der Waals surface area contributed by atoms with Gasteiger partial charge in [0, 0.05) is 4.90 Å². The van der Waals surface area contributed by atoms with Crippen LogP contribution < -0.4 is 0 Å². The van der Waals surface area contributed by atoms with Crippen molar-refractivity contribution in [2.24, 2.45) is 0 Å². The minimum absolute atomic E-state index is 0.222. The van der Waals surface area contributed by atoms with Gasteiger partial charge in [-0.25, -0.2) is 0 Å². The number of hydrogen-bond acceptors (Lipinski definition) is 3. The van der Waals surface area contributed by atoms with Crippen molar-refractivity contribution in [2.45, 2.75) is 37.3 Å². The number of fused-ring (bicyclic) bond motifs is 1. The molecule has 0 saturated heterocycles. The Balaban J connectivity index is 0.00000117. The molecular weight excluding hydrogens is 340 g/mol. The van der Waals surface area contributed by atoms with Crippen LogP contribution in [0.5, 0.6) is 0 Å². The monoisotopic (exact) mass is 366 g/mol. The van der Waals surface area contributed by atoms with E-state index in [0.717, 1.165) is 10.5 Å². The van der Waals surface area contributed by atoms with Crippen LogP contribution in [0.3, 0.4) is 0 Å². The summed E-state index contributed by atoms with van der Waals surface area (Å²) in [6.45, 7) is 7.78. The molecule has 0 spiro atoms. The summed E-state index contributed by atoms with van der Waals surface area (Å²) in [6, 6.07) is 22.9. The molecule has 3 rings (SSSR count). The van der Waals surface area contributed by atoms with E-state index in [4.69, 9.17) is 4.74 Å². The maximum Gasteiger partial charge on any atom is 0.321 e. The van der Waals surface area contributed by atoms with Gasteiger partial charge < -0.3 is 4.74 Å². The lowest BCUT2D eigenvalue weighted by Gasteiger charge is -2.22. The molecule has 0 amide bonds. The summed E-state index contributed by atoms with van der Waals surface area (Å²) in [5, 5.41) is 2.42. The first-order valence-electron chi connectivity index (χ1n) is 8.87. The zero-order chi connectivity index (χ0) is 19.2. The van der Waals surface area contributed by atoms with Crippen LogP contribution in [0.25, 0.3) is 21.9 Å². The number of methoxy groups -OCH3 is 1. The molecule has 3 aromatic carbocycles. The highest BCUT2D eigenvalue weighted by atomic mass is 32.2. The highest BCUT2D eigenvalue weighted by Gasteiger charge is 2.31. The van der Waals surface area contributed by atoms with Crippen LogP contribution >= 0.6 is 11.8 Å². The SMILES string of the molecule is CC.COC(=O)C(C)(C)Sc1ccccc1-c1cccc2ccccc12. The Morgan fingerprint density at radius 2 is 1.42 bits per heavy atom. The fourth-order valence-electron chi connectivity index (χ4n) is 2.80. The number of esters is 1. The lowest BCUT2D eigenvalue weighted by atomic mass is 9.98. The number of rotatable bonds is 4. The predicted molar refractivity (Wildman–Crippen MR) is 113 cm³/mol. The number of thioether (sulfide) groups is 1. The Morgan fingerprint density at radius 3 is 2.15 bits per heavy atom. The van der Waals surface area contributed by atoms with E-state index >= 15 is 0 Å². The van der Waals surface area contributed by atoms with E-state index in [2.05, 4.69) is 48.5 Å². The van der Waals surface area contributed by atoms with Crippen LogP contribution in [0.1, 0.15) is 27.7 Å². The third kappa shape index (κ3) is 4.28. The predicted octanol–water partition coefficient (Wildman–Crippen LogP) is 6.58. The van der Waals surface area contributed by atoms with Crippen molar-refractivity contribution in [3.63, 3.8) is 0 Å². The topological polar surface area (TPSA) is 26.3 Å². The lowest BCUT2D eigenvalue weighted by Crippen LogP contribution is -2.28. The molecule has 0 unspecified atom stereocenters. The molecule has 0 aliphatic rings. The van der Waals surface area contributed by atoms with Crippen LogP contribution in [0, 0.1) is 0 Å². The first kappa shape index (κ1) is 20.1. The lowest BCUT2D eigenvalue weighted by molar-refractivity contribution is -0.142. The molecule has 2 nitrogen and oxygen atoms in total. The Labute approximate surface area is 160 Å². The quantitative estimate of drug-likeness (QED) is 0.385. The van der Waals surface area contributed by atoms with E-state index in [9.17, 15) is 4.79 Å². The van der Waals surface area contributed by atoms with E-state index in [0.29, 0.717) is 0 Å². The maximum atomic E-state index is 12.1. The zero-order valence-electron chi connectivity index (χ0n) is 16.1. The average molecular weight is 367 g/mol. The van der Waals surface area contributed by atoms with Gasteiger partial charge in [0.15, 0.2) is 0 Å². The Hall–Kier alpha value is -2.26. The van der Waals surface area contributed by atoms with Crippen molar-refractivity contribution in [1.29, 1.82) is 0 Å². The molecular formula is C23H26O2S. The molecule has 3 aromatic rings. The highest BCUT2D eigenvalue weighted by molar-refractivity contribution is 8.01. The molecule has 26 heavy (non-hydrogen) atoms. The van der Waals surface area contributed by atoms with Gasteiger partial charge in [0.25, 0.3) is 0 Å². The van der Waals surface area contributed by atoms with Gasteiger partial charge in [-0.3, -0.25) is 4.79 Å². The number of benzene rings is 3. The molecule has 136 valence electrons. The summed E-state index contributed by atoms with van der Waals surface area (Å²) in [5.74, 6) is -0.222. The molecule has 0 heterocycles. The van der Waals surface area contributed by atoms with E-state index in [1.165, 1.54) is 35.2 Å². The first-order chi connectivity index (χ1) is 12.5. The first-order valence-corrected chi connectivity index (χ1v) is 9.69. The number of hydrogen-bond donors (Lipinski definition) is 0. The molecule has 0 radical (unpaired) electrons. The molecule has 0 aliphatic heterocycles. The van der Waals surface area contributed by atoms with Crippen LogP contribution in [0.2, 0.25) is 0 Å². The van der Waals surface area contributed by atoms with Gasteiger partial charge in [-0.1, -0.05) is 74.5 Å². The van der Waals surface area contributed by atoms with Crippen molar-refractivity contribution in [3.05, 3.63) is 66.7 Å². The van der Waals surface area contributed by atoms with Crippen LogP contribution in [-0.4, -0.2) is 17.8 Å². The minimum atomic E-state index is -0.643. The second kappa shape index (κ2) is 8.91. The van der Waals surface area contributed by atoms with E-state index in [-0.39, 0.29) is 5.97 Å². The second-order valence-corrected chi connectivity index (χ2v) is 7.79. The summed E-state index contributed by atoms with van der Waals surface area (Å²) in [5.41, 5.74) is 2.31. The molecule has 0 aromatic heterocycles. The summed E-state index contributed by atoms with van der Waals surface area (Å²) in [6.07, 6.45) is 0. The highest BCUT2D eigenvalue weighted by Crippen LogP contribution is 2.41. The summed E-state index contributed by atoms with van der Waals surface area (Å²) >= 11 is 1.53. The van der Waals surface area contributed by atoms with Gasteiger partial charge in [-0.05, 0) is 41.8 Å². The summed E-state index contributed by atoms with van der Waals surface area (Å²) in [7, 11) is 1.43. The second-order valence-electron chi connectivity index (χ2n) is 6.13. The van der Waals surface area contributed by atoms with Crippen molar-refractivity contribution in [3.8, 4) is 11.1 Å². The van der Waals surface area contributed by atoms with Gasteiger partial charge in [-0.2, -0.15) is 0 Å². The number of ether oxygens (including phenoxy) is 1. The largest absolute Gasteiger partial charge is 0.468 e.